The fourth-order valence-corrected chi connectivity index (χ4v) is 13.3. The van der Waals surface area contributed by atoms with Gasteiger partial charge in [0.2, 0.25) is 0 Å². The van der Waals surface area contributed by atoms with Crippen LogP contribution in [0, 0.1) is 12.1 Å². The average Bonchev–Trinajstić information content (AvgIpc) is 1.52. The summed E-state index contributed by atoms with van der Waals surface area (Å²) in [6, 6.07) is 75.9. The third-order valence-electron chi connectivity index (χ3n) is 18.8. The molecule has 0 fully saturated rings. The molecule has 0 aliphatic heterocycles. The van der Waals surface area contributed by atoms with Crippen LogP contribution in [-0.2, 0) is 63.8 Å². The molecule has 0 aliphatic carbocycles. The zero-order chi connectivity index (χ0) is 72.4. The van der Waals surface area contributed by atoms with Crippen molar-refractivity contribution in [1.29, 1.82) is 0 Å². The smallest absolute Gasteiger partial charge is 0.155 e. The van der Waals surface area contributed by atoms with E-state index in [2.05, 4.69) is 166 Å². The Bertz CT molecular complexity index is 5920. The molecule has 0 aliphatic rings. The van der Waals surface area contributed by atoms with Crippen LogP contribution in [0.15, 0.2) is 252 Å². The molecule has 534 valence electrons. The molecule has 8 heterocycles. The zero-order valence-electron chi connectivity index (χ0n) is 60.9. The Kier molecular flexibility index (Phi) is 20.1. The Morgan fingerprint density at radius 3 is 1.26 bits per heavy atom. The van der Waals surface area contributed by atoms with Crippen molar-refractivity contribution in [3.63, 3.8) is 0 Å². The molecule has 14 nitrogen and oxygen atoms in total. The summed E-state index contributed by atoms with van der Waals surface area (Å²) < 4.78 is 13.0. The summed E-state index contributed by atoms with van der Waals surface area (Å²) in [6.45, 7) is 25.6. The van der Waals surface area contributed by atoms with Crippen LogP contribution in [-0.4, -0.2) is 50.1 Å². The fourth-order valence-electron chi connectivity index (χ4n) is 13.3. The van der Waals surface area contributed by atoms with E-state index in [0.29, 0.717) is 95.8 Å². The van der Waals surface area contributed by atoms with E-state index >= 15 is 0 Å². The second kappa shape index (κ2) is 29.1. The molecular formula is C90H78N10O4Pt2-2. The van der Waals surface area contributed by atoms with Crippen LogP contribution < -0.4 is 9.80 Å². The summed E-state index contributed by atoms with van der Waals surface area (Å²) in [5.74, 6) is 2.55. The number of pyridine rings is 4. The summed E-state index contributed by atoms with van der Waals surface area (Å²) in [7, 11) is 0. The fraction of sp³-hybridized carbons (Fsp3) is 0.178. The van der Waals surface area contributed by atoms with Gasteiger partial charge in [0.1, 0.15) is 56.5 Å². The molecule has 0 radical (unpaired) electrons. The van der Waals surface area contributed by atoms with Gasteiger partial charge in [-0.15, -0.1) is 23.3 Å². The van der Waals surface area contributed by atoms with Crippen LogP contribution in [0.3, 0.4) is 0 Å². The normalized spacial score (nSPS) is 11.9. The van der Waals surface area contributed by atoms with E-state index < -0.39 is 0 Å². The van der Waals surface area contributed by atoms with Crippen molar-refractivity contribution in [3.05, 3.63) is 278 Å². The van der Waals surface area contributed by atoms with Gasteiger partial charge in [-0.1, -0.05) is 229 Å². The quantitative estimate of drug-likeness (QED) is 0.117. The molecule has 106 heavy (non-hydrogen) atoms. The van der Waals surface area contributed by atoms with Crippen LogP contribution in [0.2, 0.25) is 0 Å². The number of para-hydroxylation sites is 3. The van der Waals surface area contributed by atoms with E-state index in [1.807, 2.05) is 146 Å². The Morgan fingerprint density at radius 1 is 0.377 bits per heavy atom. The number of phenolic OH excluding ortho intramolecular Hbond substituents is 2. The van der Waals surface area contributed by atoms with E-state index in [1.54, 1.807) is 37.2 Å². The summed E-state index contributed by atoms with van der Waals surface area (Å²) in [4.78, 5) is 43.7. The molecule has 0 bridgehead atoms. The van der Waals surface area contributed by atoms with Gasteiger partial charge in [-0.3, -0.25) is 9.97 Å². The molecule has 0 amide bonds. The minimum atomic E-state index is -0.327. The van der Waals surface area contributed by atoms with Gasteiger partial charge < -0.3 is 38.8 Å². The van der Waals surface area contributed by atoms with E-state index in [-0.39, 0.29) is 75.3 Å². The molecule has 2 N–H and O–H groups in total. The van der Waals surface area contributed by atoms with Crippen molar-refractivity contribution in [3.8, 4) is 67.9 Å². The number of aromatic hydroxyl groups is 2. The van der Waals surface area contributed by atoms with Crippen LogP contribution in [0.5, 0.6) is 11.5 Å². The molecule has 0 saturated heterocycles. The summed E-state index contributed by atoms with van der Waals surface area (Å²) in [6.07, 6.45) is 10.6. The third kappa shape index (κ3) is 14.2. The molecule has 16 rings (SSSR count). The Hall–Kier alpha value is -11.0. The first kappa shape index (κ1) is 73.3. The number of hydrogen-bond acceptors (Lipinski definition) is 14. The molecule has 16 aromatic rings. The SMILES string of the molecule is CC(C)(C)c1cc(-c2nc(-c3[c-]c(N(c4ccccn4)c4cccc5ccccc45)cnc3)c3oc4ccccc4c3n2)c(O)c(C(C)(C)C)c1.CC(C)(C)c1cc(-c2nc(-c3[c-]c(N(c4ccccn4)c4ccccc4-c4ccccc4)cnc3)c3oc4ccccc4c3n2)c(O)c(C(C)(C)C)c1.[Pt].[Pt]. The predicted octanol–water partition coefficient (Wildman–Crippen LogP) is 23.0. The summed E-state index contributed by atoms with van der Waals surface area (Å²) in [5, 5.41) is 27.7. The summed E-state index contributed by atoms with van der Waals surface area (Å²) in [5.41, 5.74) is 15.2. The third-order valence-corrected chi connectivity index (χ3v) is 18.8. The molecule has 16 heteroatoms. The second-order valence-corrected chi connectivity index (χ2v) is 30.3. The number of nitrogens with zero attached hydrogens (tertiary/aromatic N) is 10. The van der Waals surface area contributed by atoms with Crippen LogP contribution in [0.25, 0.3) is 111 Å². The van der Waals surface area contributed by atoms with Gasteiger partial charge in [0.15, 0.2) is 11.6 Å². The van der Waals surface area contributed by atoms with Gasteiger partial charge >= 0.3 is 0 Å². The number of benzene rings is 8. The van der Waals surface area contributed by atoms with Gasteiger partial charge in [0, 0.05) is 98.8 Å². The summed E-state index contributed by atoms with van der Waals surface area (Å²) >= 11 is 0. The minimum absolute atomic E-state index is 0. The Morgan fingerprint density at radius 2 is 0.792 bits per heavy atom. The van der Waals surface area contributed by atoms with Gasteiger partial charge in [0.25, 0.3) is 0 Å². The maximum Gasteiger partial charge on any atom is 0.155 e. The Labute approximate surface area is 645 Å². The van der Waals surface area contributed by atoms with Gasteiger partial charge in [-0.25, -0.2) is 19.9 Å². The van der Waals surface area contributed by atoms with Gasteiger partial charge in [-0.05, 0) is 140 Å². The molecule has 0 unspecified atom stereocenters. The molecular weight excluding hydrogens is 1680 g/mol. The number of rotatable bonds is 11. The van der Waals surface area contributed by atoms with Crippen molar-refractivity contribution in [2.24, 2.45) is 0 Å². The monoisotopic (exact) mass is 1750 g/mol. The molecule has 8 aromatic carbocycles. The van der Waals surface area contributed by atoms with Crippen molar-refractivity contribution in [2.45, 2.75) is 105 Å². The Balaban J connectivity index is 0.000000184. The van der Waals surface area contributed by atoms with E-state index in [0.717, 1.165) is 72.1 Å². The van der Waals surface area contributed by atoms with Crippen molar-refractivity contribution in [1.82, 2.24) is 39.9 Å². The zero-order valence-corrected chi connectivity index (χ0v) is 65.5. The van der Waals surface area contributed by atoms with Crippen LogP contribution in [0.1, 0.15) is 105 Å². The minimum Gasteiger partial charge on any atom is -0.507 e. The predicted molar refractivity (Wildman–Crippen MR) is 420 cm³/mol. The molecule has 0 saturated carbocycles. The van der Waals surface area contributed by atoms with Gasteiger partial charge in [0.05, 0.1) is 22.5 Å². The van der Waals surface area contributed by atoms with E-state index in [1.165, 1.54) is 0 Å². The number of anilines is 6. The number of aromatic nitrogens is 8. The molecule has 8 aromatic heterocycles. The first-order valence-corrected chi connectivity index (χ1v) is 34.9. The largest absolute Gasteiger partial charge is 0.507 e. The number of fused-ring (bicyclic) bond motifs is 7. The maximum absolute atomic E-state index is 11.9. The number of furan rings is 2. The van der Waals surface area contributed by atoms with Gasteiger partial charge in [-0.2, -0.15) is 0 Å². The van der Waals surface area contributed by atoms with Crippen molar-refractivity contribution < 1.29 is 61.2 Å². The topological polar surface area (TPSA) is 176 Å². The first-order valence-electron chi connectivity index (χ1n) is 34.9. The van der Waals surface area contributed by atoms with E-state index in [9.17, 15) is 10.2 Å². The van der Waals surface area contributed by atoms with Crippen LogP contribution in [0.4, 0.5) is 34.4 Å². The van der Waals surface area contributed by atoms with E-state index in [4.69, 9.17) is 48.7 Å². The number of phenols is 2. The number of hydrogen-bond donors (Lipinski definition) is 2. The standard InChI is InChI=1S/C46H40N5O2.C44H38N5O2.2Pt/c1-45(2,3)31-25-35(42(52)36(26-31)46(4,5)6)44-49-40(43-41(50-44)34-19-11-13-21-38(34)53-43)30-24-32(28-47-27-30)51(39-22-14-15-23-48-39)37-20-12-10-18-33(37)29-16-8-7-9-17-29;1-43(2,3)29-23-33(40(50)34(24-29)44(4,5)6)42-47-38(41-39(48-42)32-17-9-10-19-36(32)51-41)28-22-30(26-45-25-28)49(37-20-11-12-21-46-37)35-18-13-15-27-14-7-8-16-31(27)35;;/h7-23,25-28,52H,1-6H3;7-21,23-26,50H,1-6H3;;/q2*-1;;. The van der Waals surface area contributed by atoms with Crippen LogP contribution >= 0.6 is 0 Å². The second-order valence-electron chi connectivity index (χ2n) is 30.3. The maximum atomic E-state index is 11.9. The molecule has 0 spiro atoms. The molecule has 0 atom stereocenters. The van der Waals surface area contributed by atoms with Crippen molar-refractivity contribution in [2.75, 3.05) is 9.80 Å². The average molecular weight is 1750 g/mol. The first-order chi connectivity index (χ1) is 49.9. The van der Waals surface area contributed by atoms with Crippen molar-refractivity contribution >= 4 is 89.3 Å².